The first-order valence-electron chi connectivity index (χ1n) is 9.10. The highest BCUT2D eigenvalue weighted by molar-refractivity contribution is 9.10. The number of nitrogens with zero attached hydrogens (tertiary/aromatic N) is 2. The minimum Gasteiger partial charge on any atom is -0.486 e. The van der Waals surface area contributed by atoms with Crippen molar-refractivity contribution >= 4 is 27.5 Å². The number of nitrogens with one attached hydrogen (secondary N) is 1. The first-order valence-corrected chi connectivity index (χ1v) is 9.90. The van der Waals surface area contributed by atoms with Crippen molar-refractivity contribution in [2.75, 3.05) is 5.32 Å². The van der Waals surface area contributed by atoms with E-state index in [0.29, 0.717) is 23.7 Å². The molecule has 0 aliphatic carbocycles. The summed E-state index contributed by atoms with van der Waals surface area (Å²) in [5.41, 5.74) is 1.29. The molecule has 0 fully saturated rings. The van der Waals surface area contributed by atoms with Crippen molar-refractivity contribution in [1.29, 1.82) is 0 Å². The third-order valence-electron chi connectivity index (χ3n) is 4.20. The highest BCUT2D eigenvalue weighted by Gasteiger charge is 2.13. The van der Waals surface area contributed by atoms with E-state index in [9.17, 15) is 9.18 Å². The van der Waals surface area contributed by atoms with Crippen molar-refractivity contribution in [1.82, 2.24) is 9.78 Å². The summed E-state index contributed by atoms with van der Waals surface area (Å²) in [5, 5.41) is 6.92. The van der Waals surface area contributed by atoms with Gasteiger partial charge in [-0.1, -0.05) is 28.1 Å². The molecule has 0 saturated carbocycles. The van der Waals surface area contributed by atoms with Crippen molar-refractivity contribution in [2.24, 2.45) is 0 Å². The van der Waals surface area contributed by atoms with Gasteiger partial charge in [-0.15, -0.1) is 0 Å². The highest BCUT2D eigenvalue weighted by Crippen LogP contribution is 2.19. The molecule has 0 aliphatic rings. The Morgan fingerprint density at radius 3 is 2.80 bits per heavy atom. The van der Waals surface area contributed by atoms with Gasteiger partial charge in [0.15, 0.2) is 5.76 Å². The molecule has 8 heteroatoms. The number of hydrogen-bond acceptors (Lipinski definition) is 4. The number of carbonyl (C=O) groups is 1. The lowest BCUT2D eigenvalue weighted by atomic mass is 10.2. The van der Waals surface area contributed by atoms with Crippen molar-refractivity contribution in [2.45, 2.75) is 13.2 Å². The minimum absolute atomic E-state index is 0.169. The van der Waals surface area contributed by atoms with Gasteiger partial charge in [0.1, 0.15) is 23.9 Å². The molecule has 30 heavy (non-hydrogen) atoms. The van der Waals surface area contributed by atoms with Gasteiger partial charge in [-0.3, -0.25) is 9.48 Å². The fraction of sp³-hybridized carbons (Fsp3) is 0.0909. The van der Waals surface area contributed by atoms with Gasteiger partial charge in [0.25, 0.3) is 5.91 Å². The van der Waals surface area contributed by atoms with Crippen LogP contribution in [-0.4, -0.2) is 15.7 Å². The molecule has 4 aromatic rings. The Kier molecular flexibility index (Phi) is 5.94. The molecule has 4 rings (SSSR count). The second kappa shape index (κ2) is 8.96. The zero-order valence-corrected chi connectivity index (χ0v) is 17.3. The normalized spacial score (nSPS) is 10.7. The Bertz CT molecular complexity index is 1150. The van der Waals surface area contributed by atoms with E-state index in [4.69, 9.17) is 9.15 Å². The van der Waals surface area contributed by atoms with Crippen LogP contribution in [0.15, 0.2) is 81.9 Å². The second-order valence-electron chi connectivity index (χ2n) is 6.52. The molecular weight excluding hydrogens is 453 g/mol. The SMILES string of the molecule is O=C(Nc1cnn(Cc2cccc(F)c2)c1)c1ccc(COc2ccc(Br)cc2)o1. The maximum absolute atomic E-state index is 13.3. The van der Waals surface area contributed by atoms with E-state index in [-0.39, 0.29) is 18.2 Å². The summed E-state index contributed by atoms with van der Waals surface area (Å²) in [6.45, 7) is 0.604. The lowest BCUT2D eigenvalue weighted by Gasteiger charge is -2.04. The highest BCUT2D eigenvalue weighted by atomic mass is 79.9. The summed E-state index contributed by atoms with van der Waals surface area (Å²) >= 11 is 3.37. The van der Waals surface area contributed by atoms with Crippen molar-refractivity contribution in [3.63, 3.8) is 0 Å². The predicted molar refractivity (Wildman–Crippen MR) is 113 cm³/mol. The largest absolute Gasteiger partial charge is 0.486 e. The number of benzene rings is 2. The van der Waals surface area contributed by atoms with Crippen LogP contribution in [0.4, 0.5) is 10.1 Å². The third-order valence-corrected chi connectivity index (χ3v) is 4.73. The molecule has 1 amide bonds. The standard InChI is InChI=1S/C22H17BrFN3O3/c23-16-4-6-19(7-5-16)29-14-20-8-9-21(30-20)22(28)26-18-11-25-27(13-18)12-15-2-1-3-17(24)10-15/h1-11,13H,12,14H2,(H,26,28). The summed E-state index contributed by atoms with van der Waals surface area (Å²) in [6, 6.07) is 17.0. The van der Waals surface area contributed by atoms with Crippen LogP contribution in [0.1, 0.15) is 21.9 Å². The average Bonchev–Trinajstić information content (AvgIpc) is 3.37. The van der Waals surface area contributed by atoms with E-state index in [1.807, 2.05) is 30.3 Å². The number of ether oxygens (including phenoxy) is 1. The Hall–Kier alpha value is -3.39. The van der Waals surface area contributed by atoms with Crippen LogP contribution in [0.5, 0.6) is 5.75 Å². The fourth-order valence-electron chi connectivity index (χ4n) is 2.79. The molecule has 6 nitrogen and oxygen atoms in total. The van der Waals surface area contributed by atoms with Gasteiger partial charge in [-0.05, 0) is 54.1 Å². The van der Waals surface area contributed by atoms with Crippen LogP contribution >= 0.6 is 15.9 Å². The maximum Gasteiger partial charge on any atom is 0.291 e. The van der Waals surface area contributed by atoms with Gasteiger partial charge < -0.3 is 14.5 Å². The van der Waals surface area contributed by atoms with Gasteiger partial charge in [0.05, 0.1) is 18.4 Å². The van der Waals surface area contributed by atoms with E-state index in [1.54, 1.807) is 29.1 Å². The van der Waals surface area contributed by atoms with Crippen molar-refractivity contribution in [3.05, 3.63) is 100 Å². The second-order valence-corrected chi connectivity index (χ2v) is 7.43. The Labute approximate surface area is 180 Å². The Balaban J connectivity index is 1.33. The molecule has 0 atom stereocenters. The summed E-state index contributed by atoms with van der Waals surface area (Å²) in [6.07, 6.45) is 3.20. The number of anilines is 1. The van der Waals surface area contributed by atoms with Gasteiger partial charge in [0.2, 0.25) is 0 Å². The summed E-state index contributed by atoms with van der Waals surface area (Å²) < 4.78 is 27.1. The molecule has 0 aliphatic heterocycles. The average molecular weight is 470 g/mol. The Morgan fingerprint density at radius 1 is 1.17 bits per heavy atom. The summed E-state index contributed by atoms with van der Waals surface area (Å²) in [4.78, 5) is 12.4. The number of halogens is 2. The summed E-state index contributed by atoms with van der Waals surface area (Å²) in [5.74, 6) is 0.708. The maximum atomic E-state index is 13.3. The number of rotatable bonds is 7. The van der Waals surface area contributed by atoms with E-state index < -0.39 is 5.91 Å². The van der Waals surface area contributed by atoms with E-state index in [2.05, 4.69) is 26.3 Å². The van der Waals surface area contributed by atoms with E-state index in [1.165, 1.54) is 18.3 Å². The smallest absolute Gasteiger partial charge is 0.291 e. The zero-order chi connectivity index (χ0) is 20.9. The van der Waals surface area contributed by atoms with Crippen LogP contribution < -0.4 is 10.1 Å². The summed E-state index contributed by atoms with van der Waals surface area (Å²) in [7, 11) is 0. The van der Waals surface area contributed by atoms with Crippen LogP contribution in [0.25, 0.3) is 0 Å². The first kappa shape index (κ1) is 19.9. The molecule has 0 radical (unpaired) electrons. The molecule has 1 N–H and O–H groups in total. The number of amides is 1. The number of furan rings is 1. The molecule has 0 unspecified atom stereocenters. The van der Waals surface area contributed by atoms with Gasteiger partial charge in [0, 0.05) is 10.7 Å². The molecule has 2 heterocycles. The van der Waals surface area contributed by atoms with Gasteiger partial charge in [-0.25, -0.2) is 4.39 Å². The zero-order valence-electron chi connectivity index (χ0n) is 15.7. The lowest BCUT2D eigenvalue weighted by Crippen LogP contribution is -2.10. The monoisotopic (exact) mass is 469 g/mol. The topological polar surface area (TPSA) is 69.3 Å². The Morgan fingerprint density at radius 2 is 2.00 bits per heavy atom. The van der Waals surface area contributed by atoms with Crippen LogP contribution in [0, 0.1) is 5.82 Å². The van der Waals surface area contributed by atoms with Crippen LogP contribution in [-0.2, 0) is 13.2 Å². The van der Waals surface area contributed by atoms with Crippen molar-refractivity contribution in [3.8, 4) is 5.75 Å². The van der Waals surface area contributed by atoms with Gasteiger partial charge >= 0.3 is 0 Å². The molecule has 2 aromatic heterocycles. The first-order chi connectivity index (χ1) is 14.5. The molecule has 2 aromatic carbocycles. The van der Waals surface area contributed by atoms with E-state index in [0.717, 1.165) is 10.0 Å². The van der Waals surface area contributed by atoms with E-state index >= 15 is 0 Å². The lowest BCUT2D eigenvalue weighted by molar-refractivity contribution is 0.0992. The number of hydrogen-bond donors (Lipinski definition) is 1. The van der Waals surface area contributed by atoms with Crippen LogP contribution in [0.3, 0.4) is 0 Å². The fourth-order valence-corrected chi connectivity index (χ4v) is 3.06. The van der Waals surface area contributed by atoms with Gasteiger partial charge in [-0.2, -0.15) is 5.10 Å². The quantitative estimate of drug-likeness (QED) is 0.400. The third kappa shape index (κ3) is 5.15. The minimum atomic E-state index is -0.393. The molecule has 0 saturated heterocycles. The molecule has 152 valence electrons. The number of aromatic nitrogens is 2. The molecule has 0 spiro atoms. The number of carbonyl (C=O) groups excluding carboxylic acids is 1. The van der Waals surface area contributed by atoms with Crippen LogP contribution in [0.2, 0.25) is 0 Å². The molecular formula is C22H17BrFN3O3. The van der Waals surface area contributed by atoms with Crippen molar-refractivity contribution < 1.29 is 18.3 Å². The molecule has 0 bridgehead atoms. The predicted octanol–water partition coefficient (Wildman–Crippen LogP) is 5.26.